The summed E-state index contributed by atoms with van der Waals surface area (Å²) in [4.78, 5) is 11.4. The number of allylic oxidation sites excluding steroid dienone is 4. The van der Waals surface area contributed by atoms with Gasteiger partial charge in [0.1, 0.15) is 11.9 Å². The second-order valence-corrected chi connectivity index (χ2v) is 9.06. The second kappa shape index (κ2) is 10.5. The van der Waals surface area contributed by atoms with E-state index in [0.717, 1.165) is 32.1 Å². The van der Waals surface area contributed by atoms with E-state index in [1.807, 2.05) is 18.2 Å². The van der Waals surface area contributed by atoms with Crippen LogP contribution < -0.4 is 10.1 Å². The summed E-state index contributed by atoms with van der Waals surface area (Å²) in [5.41, 5.74) is 3.73. The summed E-state index contributed by atoms with van der Waals surface area (Å²) in [5.74, 6) is 0.860. The molecule has 0 spiro atoms. The van der Waals surface area contributed by atoms with Crippen molar-refractivity contribution < 1.29 is 18.7 Å². The molecule has 4 nitrogen and oxygen atoms in total. The highest BCUT2D eigenvalue weighted by Gasteiger charge is 2.32. The quantitative estimate of drug-likeness (QED) is 0.550. The molecule has 4 rings (SSSR count). The Bertz CT molecular complexity index is 889. The van der Waals surface area contributed by atoms with Crippen molar-refractivity contribution in [2.45, 2.75) is 70.1 Å². The number of halogens is 1. The van der Waals surface area contributed by atoms with Gasteiger partial charge in [-0.15, -0.1) is 0 Å². The normalized spacial score (nSPS) is 27.8. The topological polar surface area (TPSA) is 47.6 Å². The average molecular weight is 440 g/mol. The van der Waals surface area contributed by atoms with Gasteiger partial charge in [-0.25, -0.2) is 9.18 Å². The minimum absolute atomic E-state index is 0.0186. The maximum atomic E-state index is 14.3. The molecule has 3 aliphatic rings. The van der Waals surface area contributed by atoms with Crippen LogP contribution >= 0.6 is 0 Å². The number of hydrogen-bond acceptors (Lipinski definition) is 4. The van der Waals surface area contributed by atoms with Gasteiger partial charge >= 0.3 is 5.97 Å². The molecule has 5 heteroatoms. The zero-order valence-electron chi connectivity index (χ0n) is 19.1. The van der Waals surface area contributed by atoms with E-state index in [2.05, 4.69) is 36.5 Å². The largest absolute Gasteiger partial charge is 0.482 e. The molecule has 172 valence electrons. The zero-order valence-corrected chi connectivity index (χ0v) is 19.1. The van der Waals surface area contributed by atoms with Crippen LogP contribution in [0.1, 0.15) is 57.4 Å². The van der Waals surface area contributed by atoms with Gasteiger partial charge in [0, 0.05) is 18.0 Å². The standard InChI is InChI=1S/C27H34FNO3/c1-3-31-27(30)17-32-22-12-9-19(10-13-22)20-8-11-21(16-20)29-18(2)23-14-15-26(28)25-7-5-4-6-24(23)25/h4,6,9-10,12-15,18,20-21,25-26,29H,3,5,7-8,11,16-17H2,1-2H3/t18-,20+,21+,25?,26?/m1/s1. The average Bonchev–Trinajstić information content (AvgIpc) is 3.27. The van der Waals surface area contributed by atoms with Crippen molar-refractivity contribution in [3.05, 3.63) is 65.3 Å². The van der Waals surface area contributed by atoms with Crippen molar-refractivity contribution in [3.8, 4) is 5.75 Å². The Morgan fingerprint density at radius 1 is 1.19 bits per heavy atom. The number of fused-ring (bicyclic) bond motifs is 1. The van der Waals surface area contributed by atoms with Crippen LogP contribution in [0, 0.1) is 5.92 Å². The van der Waals surface area contributed by atoms with Crippen molar-refractivity contribution in [1.82, 2.24) is 5.32 Å². The third-order valence-electron chi connectivity index (χ3n) is 6.92. The first-order valence-corrected chi connectivity index (χ1v) is 11.9. The molecule has 0 radical (unpaired) electrons. The number of hydrogen-bond donors (Lipinski definition) is 1. The monoisotopic (exact) mass is 439 g/mol. The van der Waals surface area contributed by atoms with Gasteiger partial charge in [-0.1, -0.05) is 30.4 Å². The molecule has 1 aromatic carbocycles. The van der Waals surface area contributed by atoms with Crippen molar-refractivity contribution in [1.29, 1.82) is 0 Å². The van der Waals surface area contributed by atoms with Crippen molar-refractivity contribution in [2.75, 3.05) is 13.2 Å². The number of nitrogens with one attached hydrogen (secondary N) is 1. The molecule has 0 amide bonds. The van der Waals surface area contributed by atoms with E-state index >= 15 is 0 Å². The summed E-state index contributed by atoms with van der Waals surface area (Å²) in [5, 5.41) is 3.81. The number of rotatable bonds is 8. The fourth-order valence-corrected chi connectivity index (χ4v) is 5.29. The molecule has 1 aromatic rings. The number of alkyl halides is 1. The van der Waals surface area contributed by atoms with E-state index in [9.17, 15) is 9.18 Å². The number of ether oxygens (including phenoxy) is 2. The molecule has 0 heterocycles. The first kappa shape index (κ1) is 22.8. The molecular weight excluding hydrogens is 405 g/mol. The molecule has 0 saturated heterocycles. The Labute approximate surface area is 190 Å². The van der Waals surface area contributed by atoms with Crippen LogP contribution in [0.25, 0.3) is 0 Å². The lowest BCUT2D eigenvalue weighted by Gasteiger charge is -2.32. The molecule has 32 heavy (non-hydrogen) atoms. The minimum Gasteiger partial charge on any atom is -0.482 e. The number of carbonyl (C=O) groups is 1. The van der Waals surface area contributed by atoms with Crippen LogP contribution in [0.4, 0.5) is 4.39 Å². The van der Waals surface area contributed by atoms with Crippen molar-refractivity contribution in [3.63, 3.8) is 0 Å². The molecule has 0 bridgehead atoms. The SMILES string of the molecule is CCOC(=O)COc1ccc([C@H]2CC[C@H](N[C@H](C)C3=C4C=CCCC4C(F)C=C3)C2)cc1. The van der Waals surface area contributed by atoms with Gasteiger partial charge < -0.3 is 14.8 Å². The Morgan fingerprint density at radius 3 is 2.78 bits per heavy atom. The Balaban J connectivity index is 1.32. The molecule has 0 aromatic heterocycles. The summed E-state index contributed by atoms with van der Waals surface area (Å²) >= 11 is 0. The molecule has 1 N–H and O–H groups in total. The molecule has 3 aliphatic carbocycles. The van der Waals surface area contributed by atoms with Gasteiger partial charge in [-0.05, 0) is 86.8 Å². The predicted octanol–water partition coefficient (Wildman–Crippen LogP) is 5.41. The maximum absolute atomic E-state index is 14.3. The first-order valence-electron chi connectivity index (χ1n) is 11.9. The number of benzene rings is 1. The lowest BCUT2D eigenvalue weighted by Crippen LogP contribution is -2.38. The zero-order chi connectivity index (χ0) is 22.5. The Kier molecular flexibility index (Phi) is 7.46. The van der Waals surface area contributed by atoms with Gasteiger partial charge in [0.05, 0.1) is 6.61 Å². The fraction of sp³-hybridized carbons (Fsp3) is 0.519. The second-order valence-electron chi connectivity index (χ2n) is 9.06. The summed E-state index contributed by atoms with van der Waals surface area (Å²) in [6.07, 6.45) is 12.4. The van der Waals surface area contributed by atoms with Gasteiger partial charge in [0.2, 0.25) is 0 Å². The molecule has 2 unspecified atom stereocenters. The van der Waals surface area contributed by atoms with E-state index in [1.165, 1.54) is 16.7 Å². The summed E-state index contributed by atoms with van der Waals surface area (Å²) in [6.45, 7) is 4.28. The lowest BCUT2D eigenvalue weighted by molar-refractivity contribution is -0.145. The van der Waals surface area contributed by atoms with E-state index in [0.29, 0.717) is 24.3 Å². The summed E-state index contributed by atoms with van der Waals surface area (Å²) < 4.78 is 24.7. The number of esters is 1. The van der Waals surface area contributed by atoms with E-state index in [-0.39, 0.29) is 24.5 Å². The number of carbonyl (C=O) groups excluding carboxylic acids is 1. The summed E-state index contributed by atoms with van der Waals surface area (Å²) in [7, 11) is 0. The first-order chi connectivity index (χ1) is 15.5. The lowest BCUT2D eigenvalue weighted by atomic mass is 9.78. The van der Waals surface area contributed by atoms with Gasteiger partial charge in [-0.3, -0.25) is 0 Å². The van der Waals surface area contributed by atoms with Crippen LogP contribution in [-0.4, -0.2) is 37.4 Å². The van der Waals surface area contributed by atoms with Gasteiger partial charge in [0.25, 0.3) is 0 Å². The van der Waals surface area contributed by atoms with E-state index in [1.54, 1.807) is 13.0 Å². The minimum atomic E-state index is -0.856. The Morgan fingerprint density at radius 2 is 2.00 bits per heavy atom. The van der Waals surface area contributed by atoms with E-state index < -0.39 is 6.17 Å². The highest BCUT2D eigenvalue weighted by atomic mass is 19.1. The van der Waals surface area contributed by atoms with Crippen molar-refractivity contribution in [2.24, 2.45) is 5.92 Å². The van der Waals surface area contributed by atoms with Crippen LogP contribution in [0.5, 0.6) is 5.75 Å². The molecule has 1 fully saturated rings. The maximum Gasteiger partial charge on any atom is 0.344 e. The highest BCUT2D eigenvalue weighted by Crippen LogP contribution is 2.38. The van der Waals surface area contributed by atoms with Gasteiger partial charge in [0.15, 0.2) is 6.61 Å². The molecule has 1 saturated carbocycles. The highest BCUT2D eigenvalue weighted by molar-refractivity contribution is 5.71. The fourth-order valence-electron chi connectivity index (χ4n) is 5.29. The van der Waals surface area contributed by atoms with E-state index in [4.69, 9.17) is 9.47 Å². The van der Waals surface area contributed by atoms with Crippen LogP contribution in [-0.2, 0) is 9.53 Å². The molecule has 5 atom stereocenters. The van der Waals surface area contributed by atoms with Crippen molar-refractivity contribution >= 4 is 5.97 Å². The van der Waals surface area contributed by atoms with Crippen LogP contribution in [0.2, 0.25) is 0 Å². The van der Waals surface area contributed by atoms with Gasteiger partial charge in [-0.2, -0.15) is 0 Å². The summed E-state index contributed by atoms with van der Waals surface area (Å²) in [6, 6.07) is 8.72. The Hall–Kier alpha value is -2.40. The van der Waals surface area contributed by atoms with Crippen LogP contribution in [0.15, 0.2) is 59.7 Å². The third kappa shape index (κ3) is 5.32. The third-order valence-corrected chi connectivity index (χ3v) is 6.92. The molecule has 0 aliphatic heterocycles. The molecular formula is C27H34FNO3. The predicted molar refractivity (Wildman–Crippen MR) is 124 cm³/mol. The smallest absolute Gasteiger partial charge is 0.344 e. The van der Waals surface area contributed by atoms with Crippen LogP contribution in [0.3, 0.4) is 0 Å².